The van der Waals surface area contributed by atoms with Crippen molar-refractivity contribution in [3.8, 4) is 0 Å². The lowest BCUT2D eigenvalue weighted by Gasteiger charge is -2.11. The largest absolute Gasteiger partial charge is 0.382 e. The van der Waals surface area contributed by atoms with E-state index in [1.54, 1.807) is 7.11 Å². The fraction of sp³-hybridized carbons (Fsp3) is 1.00. The maximum absolute atomic E-state index is 5.36. The summed E-state index contributed by atoms with van der Waals surface area (Å²) in [5, 5.41) is 3.45. The molecule has 15 heavy (non-hydrogen) atoms. The molecular weight excluding hydrogens is 190 g/mol. The first-order valence-corrected chi connectivity index (χ1v) is 6.08. The fourth-order valence-corrected chi connectivity index (χ4v) is 1.49. The van der Waals surface area contributed by atoms with Gasteiger partial charge >= 0.3 is 0 Å². The Hall–Kier alpha value is -0.120. The van der Waals surface area contributed by atoms with Crippen LogP contribution in [0.1, 0.15) is 33.1 Å². The van der Waals surface area contributed by atoms with Crippen molar-refractivity contribution in [3.05, 3.63) is 0 Å². The first kappa shape index (κ1) is 14.9. The van der Waals surface area contributed by atoms with Crippen LogP contribution < -0.4 is 5.32 Å². The number of methoxy groups -OCH3 is 1. The Morgan fingerprint density at radius 1 is 1.20 bits per heavy atom. The average Bonchev–Trinajstić information content (AvgIpc) is 2.22. The molecule has 0 saturated carbocycles. The monoisotopic (exact) mass is 217 g/mol. The van der Waals surface area contributed by atoms with E-state index in [2.05, 4.69) is 19.2 Å². The molecule has 92 valence electrons. The molecule has 0 amide bonds. The average molecular weight is 217 g/mol. The Morgan fingerprint density at radius 2 is 2.00 bits per heavy atom. The van der Waals surface area contributed by atoms with Crippen LogP contribution in [0.5, 0.6) is 0 Å². The van der Waals surface area contributed by atoms with Crippen molar-refractivity contribution < 1.29 is 9.47 Å². The van der Waals surface area contributed by atoms with Gasteiger partial charge in [-0.05, 0) is 31.8 Å². The third kappa shape index (κ3) is 11.8. The van der Waals surface area contributed by atoms with Gasteiger partial charge < -0.3 is 14.8 Å². The van der Waals surface area contributed by atoms with Gasteiger partial charge in [-0.25, -0.2) is 0 Å². The smallest absolute Gasteiger partial charge is 0.0700 e. The third-order valence-electron chi connectivity index (χ3n) is 2.35. The van der Waals surface area contributed by atoms with Crippen molar-refractivity contribution in [3.63, 3.8) is 0 Å². The highest BCUT2D eigenvalue weighted by Gasteiger charge is 1.98. The third-order valence-corrected chi connectivity index (χ3v) is 2.35. The fourth-order valence-electron chi connectivity index (χ4n) is 1.49. The molecule has 0 aromatic heterocycles. The number of rotatable bonds is 11. The molecule has 3 nitrogen and oxygen atoms in total. The van der Waals surface area contributed by atoms with E-state index in [-0.39, 0.29) is 0 Å². The first-order chi connectivity index (χ1) is 7.31. The lowest BCUT2D eigenvalue weighted by atomic mass is 10.1. The summed E-state index contributed by atoms with van der Waals surface area (Å²) in [6.45, 7) is 8.96. The lowest BCUT2D eigenvalue weighted by molar-refractivity contribution is 0.0694. The number of hydrogen-bond donors (Lipinski definition) is 1. The van der Waals surface area contributed by atoms with Crippen LogP contribution in [0.2, 0.25) is 0 Å². The second-order valence-corrected chi connectivity index (χ2v) is 4.06. The summed E-state index contributed by atoms with van der Waals surface area (Å²) in [5.74, 6) is 0.796. The normalized spacial score (nSPS) is 13.0. The van der Waals surface area contributed by atoms with Gasteiger partial charge in [0.2, 0.25) is 0 Å². The molecule has 0 saturated heterocycles. The van der Waals surface area contributed by atoms with Crippen molar-refractivity contribution >= 4 is 0 Å². The zero-order valence-electron chi connectivity index (χ0n) is 10.6. The number of hydrogen-bond acceptors (Lipinski definition) is 3. The van der Waals surface area contributed by atoms with Crippen molar-refractivity contribution in [2.24, 2.45) is 5.92 Å². The van der Waals surface area contributed by atoms with E-state index in [1.807, 2.05) is 0 Å². The van der Waals surface area contributed by atoms with Gasteiger partial charge in [0.25, 0.3) is 0 Å². The topological polar surface area (TPSA) is 30.5 Å². The van der Waals surface area contributed by atoms with E-state index >= 15 is 0 Å². The van der Waals surface area contributed by atoms with Crippen LogP contribution >= 0.6 is 0 Å². The lowest BCUT2D eigenvalue weighted by Crippen LogP contribution is -2.23. The minimum Gasteiger partial charge on any atom is -0.382 e. The summed E-state index contributed by atoms with van der Waals surface area (Å²) in [4.78, 5) is 0. The summed E-state index contributed by atoms with van der Waals surface area (Å²) in [5.41, 5.74) is 0. The van der Waals surface area contributed by atoms with E-state index in [4.69, 9.17) is 9.47 Å². The van der Waals surface area contributed by atoms with Gasteiger partial charge in [0, 0.05) is 13.7 Å². The van der Waals surface area contributed by atoms with Crippen molar-refractivity contribution in [1.29, 1.82) is 0 Å². The Kier molecular flexibility index (Phi) is 11.9. The van der Waals surface area contributed by atoms with Crippen LogP contribution in [-0.2, 0) is 9.47 Å². The Bertz CT molecular complexity index is 120. The van der Waals surface area contributed by atoms with Crippen LogP contribution in [0.15, 0.2) is 0 Å². The molecular formula is C12H27NO2. The first-order valence-electron chi connectivity index (χ1n) is 6.08. The highest BCUT2D eigenvalue weighted by molar-refractivity contribution is 4.56. The number of ether oxygens (including phenoxy) is 2. The molecule has 0 rings (SSSR count). The van der Waals surface area contributed by atoms with Gasteiger partial charge in [-0.3, -0.25) is 0 Å². The summed E-state index contributed by atoms with van der Waals surface area (Å²) in [6, 6.07) is 0. The second kappa shape index (κ2) is 12.0. The van der Waals surface area contributed by atoms with E-state index in [0.717, 1.165) is 32.0 Å². The highest BCUT2D eigenvalue weighted by atomic mass is 16.5. The molecule has 0 spiro atoms. The highest BCUT2D eigenvalue weighted by Crippen LogP contribution is 2.02. The van der Waals surface area contributed by atoms with Crippen molar-refractivity contribution in [2.75, 3.05) is 40.0 Å². The zero-order chi connectivity index (χ0) is 11.4. The van der Waals surface area contributed by atoms with Gasteiger partial charge in [0.1, 0.15) is 0 Å². The van der Waals surface area contributed by atoms with Crippen LogP contribution in [0.3, 0.4) is 0 Å². The quantitative estimate of drug-likeness (QED) is 0.537. The molecule has 0 fully saturated rings. The zero-order valence-corrected chi connectivity index (χ0v) is 10.6. The van der Waals surface area contributed by atoms with E-state index in [0.29, 0.717) is 13.2 Å². The van der Waals surface area contributed by atoms with Gasteiger partial charge in [-0.15, -0.1) is 0 Å². The summed E-state index contributed by atoms with van der Waals surface area (Å²) in [7, 11) is 1.69. The molecule has 0 aromatic rings. The maximum Gasteiger partial charge on any atom is 0.0700 e. The van der Waals surface area contributed by atoms with Crippen LogP contribution in [0, 0.1) is 5.92 Å². The van der Waals surface area contributed by atoms with E-state index in [9.17, 15) is 0 Å². The molecule has 1 atom stereocenters. The number of nitrogens with one attached hydrogen (secondary N) is 1. The van der Waals surface area contributed by atoms with E-state index in [1.165, 1.54) is 12.8 Å². The molecule has 3 heteroatoms. The maximum atomic E-state index is 5.36. The predicted octanol–water partition coefficient (Wildman–Crippen LogP) is 2.07. The van der Waals surface area contributed by atoms with Crippen molar-refractivity contribution in [2.45, 2.75) is 33.1 Å². The SMILES string of the molecule is CCCC(C)CNCCCOCCOC. The van der Waals surface area contributed by atoms with Gasteiger partial charge in [0.15, 0.2) is 0 Å². The Balaban J connectivity index is 2.98. The Labute approximate surface area is 94.5 Å². The Morgan fingerprint density at radius 3 is 2.67 bits per heavy atom. The molecule has 1 unspecified atom stereocenters. The summed E-state index contributed by atoms with van der Waals surface area (Å²) < 4.78 is 10.3. The molecule has 0 heterocycles. The van der Waals surface area contributed by atoms with Crippen molar-refractivity contribution in [1.82, 2.24) is 5.32 Å². The van der Waals surface area contributed by atoms with E-state index < -0.39 is 0 Å². The minimum atomic E-state index is 0.695. The minimum absolute atomic E-state index is 0.695. The van der Waals surface area contributed by atoms with Gasteiger partial charge in [-0.2, -0.15) is 0 Å². The second-order valence-electron chi connectivity index (χ2n) is 4.06. The molecule has 0 aromatic carbocycles. The molecule has 0 aliphatic heterocycles. The van der Waals surface area contributed by atoms with Crippen LogP contribution in [-0.4, -0.2) is 40.0 Å². The standard InChI is InChI=1S/C12H27NO2/c1-4-6-12(2)11-13-7-5-8-15-10-9-14-3/h12-13H,4-11H2,1-3H3. The molecule has 1 N–H and O–H groups in total. The molecule has 0 aliphatic rings. The van der Waals surface area contributed by atoms with Gasteiger partial charge in [0.05, 0.1) is 13.2 Å². The molecule has 0 bridgehead atoms. The molecule has 0 radical (unpaired) electrons. The predicted molar refractivity (Wildman–Crippen MR) is 64.3 cm³/mol. The summed E-state index contributed by atoms with van der Waals surface area (Å²) in [6.07, 6.45) is 3.68. The van der Waals surface area contributed by atoms with Crippen LogP contribution in [0.4, 0.5) is 0 Å². The summed E-state index contributed by atoms with van der Waals surface area (Å²) >= 11 is 0. The van der Waals surface area contributed by atoms with Crippen LogP contribution in [0.25, 0.3) is 0 Å². The molecule has 0 aliphatic carbocycles. The van der Waals surface area contributed by atoms with Gasteiger partial charge in [-0.1, -0.05) is 20.3 Å².